The van der Waals surface area contributed by atoms with E-state index in [2.05, 4.69) is 58.3 Å². The highest BCUT2D eigenvalue weighted by atomic mass is 16.3. The minimum Gasteiger partial charge on any atom is -0.395 e. The number of aromatic nitrogens is 4. The van der Waals surface area contributed by atoms with Gasteiger partial charge in [-0.2, -0.15) is 15.0 Å². The topological polar surface area (TPSA) is 119 Å². The van der Waals surface area contributed by atoms with E-state index in [1.54, 1.807) is 12.1 Å². The maximum Gasteiger partial charge on any atom is 0.257 e. The molecule has 40 heavy (non-hydrogen) atoms. The molecule has 0 saturated carbocycles. The average Bonchev–Trinajstić information content (AvgIpc) is 2.94. The summed E-state index contributed by atoms with van der Waals surface area (Å²) in [6, 6.07) is 17.0. The molecule has 10 nitrogen and oxygen atoms in total. The highest BCUT2D eigenvalue weighted by molar-refractivity contribution is 6.04. The number of aryl methyl sites for hydroxylation is 3. The van der Waals surface area contributed by atoms with E-state index in [9.17, 15) is 9.90 Å². The molecule has 0 spiro atoms. The number of hydrogen-bond donors (Lipinski definition) is 3. The van der Waals surface area contributed by atoms with Gasteiger partial charge in [-0.15, -0.1) is 0 Å². The van der Waals surface area contributed by atoms with Gasteiger partial charge in [0.05, 0.1) is 12.2 Å². The Bertz CT molecular complexity index is 1450. The van der Waals surface area contributed by atoms with Crippen molar-refractivity contribution >= 4 is 29.3 Å². The normalized spacial score (nSPS) is 13.8. The number of aliphatic hydroxyl groups excluding tert-OH is 1. The lowest BCUT2D eigenvalue weighted by atomic mass is 9.99. The summed E-state index contributed by atoms with van der Waals surface area (Å²) in [5.74, 6) is 1.85. The third-order valence-corrected chi connectivity index (χ3v) is 6.89. The number of nitrogens with zero attached hydrogens (tertiary/aromatic N) is 6. The van der Waals surface area contributed by atoms with E-state index in [1.165, 1.54) is 11.8 Å². The molecule has 1 fully saturated rings. The molecule has 1 aliphatic heterocycles. The fraction of sp³-hybridized carbons (Fsp3) is 0.300. The van der Waals surface area contributed by atoms with Gasteiger partial charge in [-0.05, 0) is 56.2 Å². The monoisotopic (exact) mass is 538 g/mol. The van der Waals surface area contributed by atoms with Gasteiger partial charge in [0.25, 0.3) is 5.91 Å². The molecule has 0 radical (unpaired) electrons. The first-order valence-corrected chi connectivity index (χ1v) is 13.4. The zero-order valence-corrected chi connectivity index (χ0v) is 23.1. The third kappa shape index (κ3) is 6.41. The number of anilines is 4. The van der Waals surface area contributed by atoms with E-state index in [-0.39, 0.29) is 12.5 Å². The third-order valence-electron chi connectivity index (χ3n) is 6.89. The van der Waals surface area contributed by atoms with Crippen LogP contribution in [0.5, 0.6) is 0 Å². The van der Waals surface area contributed by atoms with E-state index in [1.807, 2.05) is 30.3 Å². The second kappa shape index (κ2) is 12.2. The number of nitrogens with one attached hydrogen (secondary N) is 2. The van der Waals surface area contributed by atoms with Crippen molar-refractivity contribution in [3.8, 4) is 11.4 Å². The van der Waals surface area contributed by atoms with Crippen LogP contribution in [0.1, 0.15) is 27.0 Å². The van der Waals surface area contributed by atoms with E-state index < -0.39 is 0 Å². The van der Waals surface area contributed by atoms with Gasteiger partial charge in [-0.1, -0.05) is 35.9 Å². The Kier molecular flexibility index (Phi) is 8.28. The summed E-state index contributed by atoms with van der Waals surface area (Å²) in [6.45, 7) is 10.2. The Morgan fingerprint density at radius 3 is 2.30 bits per heavy atom. The van der Waals surface area contributed by atoms with Gasteiger partial charge < -0.3 is 20.6 Å². The lowest BCUT2D eigenvalue weighted by molar-refractivity contribution is 0.102. The number of hydrogen-bond acceptors (Lipinski definition) is 9. The van der Waals surface area contributed by atoms with Gasteiger partial charge in [-0.3, -0.25) is 9.69 Å². The van der Waals surface area contributed by atoms with Crippen LogP contribution in [-0.2, 0) is 0 Å². The molecule has 0 aliphatic carbocycles. The van der Waals surface area contributed by atoms with Crippen LogP contribution in [0.25, 0.3) is 11.4 Å². The zero-order chi connectivity index (χ0) is 28.1. The second-order valence-electron chi connectivity index (χ2n) is 9.99. The summed E-state index contributed by atoms with van der Waals surface area (Å²) in [5, 5.41) is 15.4. The first-order chi connectivity index (χ1) is 19.4. The number of aliphatic hydroxyl groups is 1. The van der Waals surface area contributed by atoms with Crippen LogP contribution < -0.4 is 15.5 Å². The highest BCUT2D eigenvalue weighted by Gasteiger charge is 2.22. The minimum atomic E-state index is -0.236. The highest BCUT2D eigenvalue weighted by Crippen LogP contribution is 2.28. The molecule has 0 bridgehead atoms. The van der Waals surface area contributed by atoms with Crippen molar-refractivity contribution in [3.63, 3.8) is 0 Å². The molecule has 206 valence electrons. The van der Waals surface area contributed by atoms with Crippen LogP contribution in [0.15, 0.2) is 60.8 Å². The molecule has 1 aliphatic rings. The van der Waals surface area contributed by atoms with Crippen LogP contribution in [0.3, 0.4) is 0 Å². The zero-order valence-electron chi connectivity index (χ0n) is 23.1. The van der Waals surface area contributed by atoms with Gasteiger partial charge in [0.1, 0.15) is 5.82 Å². The molecule has 1 saturated heterocycles. The van der Waals surface area contributed by atoms with Crippen molar-refractivity contribution in [2.75, 3.05) is 54.9 Å². The largest absolute Gasteiger partial charge is 0.395 e. The van der Waals surface area contributed by atoms with Gasteiger partial charge in [0.15, 0.2) is 5.82 Å². The second-order valence-corrected chi connectivity index (χ2v) is 9.99. The van der Waals surface area contributed by atoms with Crippen LogP contribution in [0.2, 0.25) is 0 Å². The van der Waals surface area contributed by atoms with E-state index in [0.29, 0.717) is 35.6 Å². The molecule has 2 aromatic heterocycles. The molecule has 0 atom stereocenters. The molecule has 1 amide bonds. The maximum atomic E-state index is 12.6. The van der Waals surface area contributed by atoms with Crippen molar-refractivity contribution in [3.05, 3.63) is 83.0 Å². The Labute approximate surface area is 234 Å². The van der Waals surface area contributed by atoms with Crippen molar-refractivity contribution in [2.45, 2.75) is 20.8 Å². The first-order valence-electron chi connectivity index (χ1n) is 13.4. The number of pyridine rings is 1. The smallest absolute Gasteiger partial charge is 0.257 e. The molecule has 3 heterocycles. The molecular weight excluding hydrogens is 504 g/mol. The molecule has 4 aromatic rings. The van der Waals surface area contributed by atoms with Crippen molar-refractivity contribution in [2.24, 2.45) is 0 Å². The van der Waals surface area contributed by atoms with Crippen LogP contribution in [-0.4, -0.2) is 75.2 Å². The molecule has 3 N–H and O–H groups in total. The van der Waals surface area contributed by atoms with Gasteiger partial charge in [0, 0.05) is 50.2 Å². The molecule has 10 heteroatoms. The molecular formula is C30H34N8O2. The number of carbonyl (C=O) groups excluding carboxylic acids is 1. The minimum absolute atomic E-state index is 0.148. The maximum absolute atomic E-state index is 12.6. The number of β-amino-alcohol motifs (C(OH)–C–C–N with tert-alkyl or cyclic N) is 1. The van der Waals surface area contributed by atoms with E-state index in [4.69, 9.17) is 15.0 Å². The Morgan fingerprint density at radius 2 is 1.65 bits per heavy atom. The van der Waals surface area contributed by atoms with Gasteiger partial charge in [-0.25, -0.2) is 4.98 Å². The van der Waals surface area contributed by atoms with Crippen molar-refractivity contribution in [1.82, 2.24) is 24.8 Å². The summed E-state index contributed by atoms with van der Waals surface area (Å²) >= 11 is 0. The number of para-hydroxylation sites is 1. The lowest BCUT2D eigenvalue weighted by Gasteiger charge is -2.34. The fourth-order valence-electron chi connectivity index (χ4n) is 4.96. The van der Waals surface area contributed by atoms with Crippen LogP contribution in [0.4, 0.5) is 23.4 Å². The number of amides is 1. The SMILES string of the molecule is Cc1cc(C)c(-c2nc(Nc3ccc(C(=O)Nc4ccccc4)cn3)nc(N3CCN(CCO)CC3)n2)c(C)c1. The van der Waals surface area contributed by atoms with E-state index >= 15 is 0 Å². The number of rotatable bonds is 8. The van der Waals surface area contributed by atoms with Gasteiger partial charge in [0.2, 0.25) is 11.9 Å². The average molecular weight is 539 g/mol. The summed E-state index contributed by atoms with van der Waals surface area (Å²) in [7, 11) is 0. The molecule has 2 aromatic carbocycles. The standard InChI is InChI=1S/C30H34N8O2/c1-20-17-21(2)26(22(3)18-20)27-34-29(36-30(35-27)38-13-11-37(12-14-38)15-16-39)33-25-10-9-23(19-31-25)28(40)32-24-7-5-4-6-8-24/h4-10,17-19,39H,11-16H2,1-3H3,(H,32,40)(H,31,33,34,35,36). The molecule has 5 rings (SSSR count). The first kappa shape index (κ1) is 27.2. The summed E-state index contributed by atoms with van der Waals surface area (Å²) in [6.07, 6.45) is 1.53. The quantitative estimate of drug-likeness (QED) is 0.306. The fourth-order valence-corrected chi connectivity index (χ4v) is 4.96. The van der Waals surface area contributed by atoms with Crippen molar-refractivity contribution < 1.29 is 9.90 Å². The van der Waals surface area contributed by atoms with E-state index in [0.717, 1.165) is 48.6 Å². The predicted octanol–water partition coefficient (Wildman–Crippen LogP) is 3.97. The Balaban J connectivity index is 1.41. The van der Waals surface area contributed by atoms with Crippen molar-refractivity contribution in [1.29, 1.82) is 0 Å². The Morgan fingerprint density at radius 1 is 0.925 bits per heavy atom. The van der Waals surface area contributed by atoms with Crippen LogP contribution in [0, 0.1) is 20.8 Å². The summed E-state index contributed by atoms with van der Waals surface area (Å²) < 4.78 is 0. The lowest BCUT2D eigenvalue weighted by Crippen LogP contribution is -2.47. The predicted molar refractivity (Wildman–Crippen MR) is 157 cm³/mol. The Hall–Kier alpha value is -4.41. The molecule has 0 unspecified atom stereocenters. The summed E-state index contributed by atoms with van der Waals surface area (Å²) in [4.78, 5) is 35.9. The number of piperazine rings is 1. The summed E-state index contributed by atoms with van der Waals surface area (Å²) in [5.41, 5.74) is 5.53. The van der Waals surface area contributed by atoms with Gasteiger partial charge >= 0.3 is 0 Å². The number of benzene rings is 2. The van der Waals surface area contributed by atoms with Crippen LogP contribution >= 0.6 is 0 Å². The number of carbonyl (C=O) groups is 1.